The fraction of sp³-hybridized carbons (Fsp3) is 0.562. The van der Waals surface area contributed by atoms with E-state index in [-0.39, 0.29) is 11.6 Å². The molecule has 0 spiro atoms. The van der Waals surface area contributed by atoms with Crippen LogP contribution >= 0.6 is 0 Å². The summed E-state index contributed by atoms with van der Waals surface area (Å²) in [5, 5.41) is 9.62. The molecule has 1 aromatic carbocycles. The van der Waals surface area contributed by atoms with Crippen LogP contribution in [0.5, 0.6) is 0 Å². The van der Waals surface area contributed by atoms with Gasteiger partial charge in [0, 0.05) is 5.54 Å². The molecule has 0 saturated heterocycles. The maximum absolute atomic E-state index is 11.7. The van der Waals surface area contributed by atoms with E-state index in [1.165, 1.54) is 0 Å². The van der Waals surface area contributed by atoms with Crippen LogP contribution in [0.15, 0.2) is 30.3 Å². The molecule has 2 atom stereocenters. The van der Waals surface area contributed by atoms with Crippen molar-refractivity contribution in [2.45, 2.75) is 58.5 Å². The highest BCUT2D eigenvalue weighted by atomic mass is 16.4. The first-order chi connectivity index (χ1) is 8.96. The van der Waals surface area contributed by atoms with Crippen molar-refractivity contribution in [1.82, 2.24) is 4.90 Å². The third-order valence-corrected chi connectivity index (χ3v) is 4.01. The summed E-state index contributed by atoms with van der Waals surface area (Å²) in [5.41, 5.74) is 0.733. The Morgan fingerprint density at radius 2 is 1.89 bits per heavy atom. The van der Waals surface area contributed by atoms with Crippen LogP contribution < -0.4 is 0 Å². The van der Waals surface area contributed by atoms with Crippen LogP contribution in [0.2, 0.25) is 0 Å². The third kappa shape index (κ3) is 3.49. The molecule has 0 bridgehead atoms. The van der Waals surface area contributed by atoms with E-state index in [0.717, 1.165) is 24.8 Å². The number of nitrogens with zero attached hydrogens (tertiary/aromatic N) is 1. The first kappa shape index (κ1) is 15.5. The second-order valence-electron chi connectivity index (χ2n) is 5.34. The van der Waals surface area contributed by atoms with Crippen molar-refractivity contribution in [3.63, 3.8) is 0 Å². The monoisotopic (exact) mass is 263 g/mol. The Labute approximate surface area is 116 Å². The van der Waals surface area contributed by atoms with E-state index >= 15 is 0 Å². The van der Waals surface area contributed by atoms with Crippen LogP contribution in [0, 0.1) is 0 Å². The molecule has 0 aliphatic rings. The van der Waals surface area contributed by atoms with Crippen LogP contribution in [-0.2, 0) is 0 Å². The highest BCUT2D eigenvalue weighted by Gasteiger charge is 2.36. The molecule has 0 aromatic heterocycles. The standard InChI is InChI=1S/C16H25NO2/c1-5-12-16(4,6-2)17(15(18)19)13(3)14-10-8-7-9-11-14/h7-11,13H,5-6,12H2,1-4H3,(H,18,19). The molecule has 0 saturated carbocycles. The summed E-state index contributed by atoms with van der Waals surface area (Å²) in [6, 6.07) is 9.71. The maximum Gasteiger partial charge on any atom is 0.408 e. The van der Waals surface area contributed by atoms with Crippen molar-refractivity contribution in [1.29, 1.82) is 0 Å². The van der Waals surface area contributed by atoms with Crippen molar-refractivity contribution < 1.29 is 9.90 Å². The molecular formula is C16H25NO2. The molecule has 2 unspecified atom stereocenters. The summed E-state index contributed by atoms with van der Waals surface area (Å²) in [7, 11) is 0. The zero-order chi connectivity index (χ0) is 14.5. The van der Waals surface area contributed by atoms with Gasteiger partial charge in [-0.05, 0) is 32.3 Å². The van der Waals surface area contributed by atoms with E-state index in [4.69, 9.17) is 0 Å². The Morgan fingerprint density at radius 3 is 2.32 bits per heavy atom. The average molecular weight is 263 g/mol. The summed E-state index contributed by atoms with van der Waals surface area (Å²) >= 11 is 0. The Morgan fingerprint density at radius 1 is 1.32 bits per heavy atom. The van der Waals surface area contributed by atoms with Gasteiger partial charge in [0.05, 0.1) is 6.04 Å². The number of hydrogen-bond acceptors (Lipinski definition) is 1. The minimum absolute atomic E-state index is 0.129. The van der Waals surface area contributed by atoms with E-state index in [1.807, 2.05) is 44.2 Å². The minimum atomic E-state index is -0.839. The van der Waals surface area contributed by atoms with Crippen LogP contribution in [0.1, 0.15) is 58.6 Å². The molecular weight excluding hydrogens is 238 g/mol. The third-order valence-electron chi connectivity index (χ3n) is 4.01. The summed E-state index contributed by atoms with van der Waals surface area (Å²) in [4.78, 5) is 13.3. The van der Waals surface area contributed by atoms with Gasteiger partial charge in [-0.1, -0.05) is 50.6 Å². The lowest BCUT2D eigenvalue weighted by molar-refractivity contribution is 0.0495. The molecule has 1 amide bonds. The smallest absolute Gasteiger partial charge is 0.408 e. The molecule has 0 aliphatic carbocycles. The van der Waals surface area contributed by atoms with Gasteiger partial charge in [-0.25, -0.2) is 4.79 Å². The highest BCUT2D eigenvalue weighted by Crippen LogP contribution is 2.33. The molecule has 106 valence electrons. The van der Waals surface area contributed by atoms with Gasteiger partial charge in [-0.3, -0.25) is 4.90 Å². The number of rotatable bonds is 6. The zero-order valence-corrected chi connectivity index (χ0v) is 12.4. The van der Waals surface area contributed by atoms with Gasteiger partial charge in [-0.2, -0.15) is 0 Å². The molecule has 19 heavy (non-hydrogen) atoms. The number of carboxylic acid groups (broad SMARTS) is 1. The first-order valence-corrected chi connectivity index (χ1v) is 7.03. The summed E-state index contributed by atoms with van der Waals surface area (Å²) in [5.74, 6) is 0. The van der Waals surface area contributed by atoms with Crippen molar-refractivity contribution in [3.8, 4) is 0 Å². The largest absolute Gasteiger partial charge is 0.465 e. The minimum Gasteiger partial charge on any atom is -0.465 e. The fourth-order valence-electron chi connectivity index (χ4n) is 2.75. The maximum atomic E-state index is 11.7. The van der Waals surface area contributed by atoms with Crippen LogP contribution in [0.25, 0.3) is 0 Å². The summed E-state index contributed by atoms with van der Waals surface area (Å²) < 4.78 is 0. The number of carbonyl (C=O) groups is 1. The Kier molecular flexibility index (Phi) is 5.40. The summed E-state index contributed by atoms with van der Waals surface area (Å²) in [6.07, 6.45) is 1.85. The lowest BCUT2D eigenvalue weighted by Crippen LogP contribution is -2.50. The Balaban J connectivity index is 3.10. The topological polar surface area (TPSA) is 40.5 Å². The van der Waals surface area contributed by atoms with Gasteiger partial charge >= 0.3 is 6.09 Å². The highest BCUT2D eigenvalue weighted by molar-refractivity contribution is 5.67. The van der Waals surface area contributed by atoms with Gasteiger partial charge in [0.2, 0.25) is 0 Å². The van der Waals surface area contributed by atoms with Gasteiger partial charge in [-0.15, -0.1) is 0 Å². The predicted octanol–water partition coefficient (Wildman–Crippen LogP) is 4.70. The number of benzene rings is 1. The second kappa shape index (κ2) is 6.60. The van der Waals surface area contributed by atoms with E-state index in [1.54, 1.807) is 4.90 Å². The van der Waals surface area contributed by atoms with Crippen molar-refractivity contribution in [2.24, 2.45) is 0 Å². The van der Waals surface area contributed by atoms with Crippen molar-refractivity contribution in [3.05, 3.63) is 35.9 Å². The molecule has 0 radical (unpaired) electrons. The lowest BCUT2D eigenvalue weighted by Gasteiger charge is -2.43. The number of hydrogen-bond donors (Lipinski definition) is 1. The molecule has 0 fully saturated rings. The molecule has 3 heteroatoms. The Bertz CT molecular complexity index is 404. The summed E-state index contributed by atoms with van der Waals surface area (Å²) in [6.45, 7) is 8.17. The molecule has 1 N–H and O–H groups in total. The van der Waals surface area contributed by atoms with E-state index in [2.05, 4.69) is 13.8 Å². The van der Waals surface area contributed by atoms with E-state index in [0.29, 0.717) is 0 Å². The zero-order valence-electron chi connectivity index (χ0n) is 12.4. The molecule has 0 aliphatic heterocycles. The SMILES string of the molecule is CCCC(C)(CC)N(C(=O)O)C(C)c1ccccc1. The van der Waals surface area contributed by atoms with Crippen LogP contribution in [0.3, 0.4) is 0 Å². The molecule has 1 aromatic rings. The van der Waals surface area contributed by atoms with Crippen molar-refractivity contribution in [2.75, 3.05) is 0 Å². The van der Waals surface area contributed by atoms with E-state index < -0.39 is 6.09 Å². The van der Waals surface area contributed by atoms with Gasteiger partial charge in [0.25, 0.3) is 0 Å². The molecule has 0 heterocycles. The van der Waals surface area contributed by atoms with Gasteiger partial charge in [0.1, 0.15) is 0 Å². The van der Waals surface area contributed by atoms with Crippen LogP contribution in [0.4, 0.5) is 4.79 Å². The fourth-order valence-corrected chi connectivity index (χ4v) is 2.75. The number of amides is 1. The second-order valence-corrected chi connectivity index (χ2v) is 5.34. The lowest BCUT2D eigenvalue weighted by atomic mass is 9.88. The van der Waals surface area contributed by atoms with Gasteiger partial charge in [0.15, 0.2) is 0 Å². The molecule has 1 rings (SSSR count). The van der Waals surface area contributed by atoms with Crippen LogP contribution in [-0.4, -0.2) is 21.6 Å². The Hall–Kier alpha value is -1.51. The molecule has 3 nitrogen and oxygen atoms in total. The van der Waals surface area contributed by atoms with E-state index in [9.17, 15) is 9.90 Å². The van der Waals surface area contributed by atoms with Crippen molar-refractivity contribution >= 4 is 6.09 Å². The normalized spacial score (nSPS) is 15.6. The quantitative estimate of drug-likeness (QED) is 0.808. The van der Waals surface area contributed by atoms with Gasteiger partial charge < -0.3 is 5.11 Å². The first-order valence-electron chi connectivity index (χ1n) is 7.03. The predicted molar refractivity (Wildman–Crippen MR) is 78.3 cm³/mol. The average Bonchev–Trinajstić information content (AvgIpc) is 2.39.